The Labute approximate surface area is 133 Å². The Hall–Kier alpha value is -1.52. The summed E-state index contributed by atoms with van der Waals surface area (Å²) in [5.74, 6) is 0. The molecule has 22 heavy (non-hydrogen) atoms. The highest BCUT2D eigenvalue weighted by atomic mass is 16.6. The molecule has 2 rings (SSSR count). The number of rotatable bonds is 4. The summed E-state index contributed by atoms with van der Waals surface area (Å²) in [6.07, 6.45) is 9.23. The van der Waals surface area contributed by atoms with Gasteiger partial charge in [-0.05, 0) is 59.8 Å². The van der Waals surface area contributed by atoms with Crippen molar-refractivity contribution in [1.82, 2.24) is 14.5 Å². The summed E-state index contributed by atoms with van der Waals surface area (Å²) in [5.41, 5.74) is 0.626. The third kappa shape index (κ3) is 5.04. The number of aryl methyl sites for hydroxylation is 2. The second-order valence-corrected chi connectivity index (χ2v) is 7.22. The molecule has 1 aromatic rings. The van der Waals surface area contributed by atoms with Crippen molar-refractivity contribution in [3.8, 4) is 0 Å². The molecule has 0 bridgehead atoms. The molecule has 2 heterocycles. The Balaban J connectivity index is 1.85. The number of hydrogen-bond donors (Lipinski definition) is 0. The molecule has 5 nitrogen and oxygen atoms in total. The Morgan fingerprint density at radius 1 is 1.41 bits per heavy atom. The van der Waals surface area contributed by atoms with Crippen molar-refractivity contribution in [2.24, 2.45) is 0 Å². The Bertz CT molecular complexity index is 490. The number of likely N-dealkylation sites (tertiary alicyclic amines) is 1. The zero-order chi connectivity index (χ0) is 16.2. The van der Waals surface area contributed by atoms with E-state index in [9.17, 15) is 4.79 Å². The van der Waals surface area contributed by atoms with Gasteiger partial charge in [0.05, 0.1) is 12.0 Å². The SMILES string of the molecule is Cc1cn(CCCC2CCCCN2C(=O)OC(C)(C)C)cn1. The molecule has 0 N–H and O–H groups in total. The normalized spacial score (nSPS) is 19.3. The van der Waals surface area contributed by atoms with Crippen molar-refractivity contribution in [2.75, 3.05) is 6.54 Å². The highest BCUT2D eigenvalue weighted by Gasteiger charge is 2.29. The van der Waals surface area contributed by atoms with Gasteiger partial charge in [-0.25, -0.2) is 9.78 Å². The van der Waals surface area contributed by atoms with Crippen molar-refractivity contribution in [2.45, 2.75) is 78.0 Å². The van der Waals surface area contributed by atoms with E-state index >= 15 is 0 Å². The summed E-state index contributed by atoms with van der Waals surface area (Å²) in [6.45, 7) is 9.55. The molecule has 124 valence electrons. The first kappa shape index (κ1) is 16.8. The molecule has 0 spiro atoms. The molecular formula is C17H29N3O2. The quantitative estimate of drug-likeness (QED) is 0.851. The number of imidazole rings is 1. The van der Waals surface area contributed by atoms with Gasteiger partial charge in [-0.1, -0.05) is 0 Å². The molecule has 1 atom stereocenters. The van der Waals surface area contributed by atoms with E-state index in [4.69, 9.17) is 4.74 Å². The third-order valence-electron chi connectivity index (χ3n) is 3.97. The number of carbonyl (C=O) groups excluding carboxylic acids is 1. The van der Waals surface area contributed by atoms with Crippen LogP contribution in [-0.2, 0) is 11.3 Å². The molecule has 1 aliphatic heterocycles. The van der Waals surface area contributed by atoms with Crippen LogP contribution >= 0.6 is 0 Å². The number of hydrogen-bond acceptors (Lipinski definition) is 3. The van der Waals surface area contributed by atoms with Crippen molar-refractivity contribution in [1.29, 1.82) is 0 Å². The maximum absolute atomic E-state index is 12.3. The number of nitrogens with zero attached hydrogens (tertiary/aromatic N) is 3. The standard InChI is InChI=1S/C17H29N3O2/c1-14-12-19(13-18-14)10-7-9-15-8-5-6-11-20(15)16(21)22-17(2,3)4/h12-13,15H,5-11H2,1-4H3. The van der Waals surface area contributed by atoms with Crippen molar-refractivity contribution < 1.29 is 9.53 Å². The number of ether oxygens (including phenoxy) is 1. The summed E-state index contributed by atoms with van der Waals surface area (Å²) < 4.78 is 7.67. The zero-order valence-electron chi connectivity index (χ0n) is 14.3. The zero-order valence-corrected chi connectivity index (χ0v) is 14.3. The van der Waals surface area contributed by atoms with Crippen LogP contribution in [0.25, 0.3) is 0 Å². The summed E-state index contributed by atoms with van der Waals surface area (Å²) in [7, 11) is 0. The second kappa shape index (κ2) is 7.16. The van der Waals surface area contributed by atoms with E-state index in [1.807, 2.05) is 38.9 Å². The number of aromatic nitrogens is 2. The van der Waals surface area contributed by atoms with E-state index in [2.05, 4.69) is 15.7 Å². The van der Waals surface area contributed by atoms with E-state index in [1.54, 1.807) is 0 Å². The van der Waals surface area contributed by atoms with E-state index in [1.165, 1.54) is 6.42 Å². The molecule has 0 radical (unpaired) electrons. The Morgan fingerprint density at radius 2 is 2.18 bits per heavy atom. The van der Waals surface area contributed by atoms with Crippen LogP contribution in [0.5, 0.6) is 0 Å². The van der Waals surface area contributed by atoms with Gasteiger partial charge in [-0.15, -0.1) is 0 Å². The molecule has 0 aliphatic carbocycles. The summed E-state index contributed by atoms with van der Waals surface area (Å²) in [5, 5.41) is 0. The Kier molecular flexibility index (Phi) is 5.48. The topological polar surface area (TPSA) is 47.4 Å². The molecule has 1 aliphatic rings. The molecule has 1 saturated heterocycles. The fourth-order valence-electron chi connectivity index (χ4n) is 2.97. The van der Waals surface area contributed by atoms with Crippen LogP contribution in [-0.4, -0.2) is 38.7 Å². The Morgan fingerprint density at radius 3 is 2.82 bits per heavy atom. The molecule has 1 amide bonds. The van der Waals surface area contributed by atoms with Crippen molar-refractivity contribution >= 4 is 6.09 Å². The van der Waals surface area contributed by atoms with Gasteiger partial charge in [0.2, 0.25) is 0 Å². The van der Waals surface area contributed by atoms with Gasteiger partial charge >= 0.3 is 6.09 Å². The second-order valence-electron chi connectivity index (χ2n) is 7.22. The third-order valence-corrected chi connectivity index (χ3v) is 3.97. The molecule has 5 heteroatoms. The van der Waals surface area contributed by atoms with Crippen LogP contribution in [0.15, 0.2) is 12.5 Å². The van der Waals surface area contributed by atoms with E-state index in [-0.39, 0.29) is 6.09 Å². The first-order valence-corrected chi connectivity index (χ1v) is 8.33. The lowest BCUT2D eigenvalue weighted by Crippen LogP contribution is -2.46. The molecule has 0 aromatic carbocycles. The van der Waals surface area contributed by atoms with Crippen molar-refractivity contribution in [3.63, 3.8) is 0 Å². The minimum atomic E-state index is -0.423. The average Bonchev–Trinajstić information content (AvgIpc) is 2.83. The van der Waals surface area contributed by atoms with Gasteiger partial charge in [0.1, 0.15) is 5.60 Å². The molecule has 1 unspecified atom stereocenters. The van der Waals surface area contributed by atoms with Gasteiger partial charge in [-0.3, -0.25) is 0 Å². The molecule has 1 fully saturated rings. The van der Waals surface area contributed by atoms with Crippen LogP contribution in [0.4, 0.5) is 4.79 Å². The summed E-state index contributed by atoms with van der Waals surface area (Å²) >= 11 is 0. The van der Waals surface area contributed by atoms with Crippen LogP contribution in [0.2, 0.25) is 0 Å². The summed E-state index contributed by atoms with van der Waals surface area (Å²) in [6, 6.07) is 0.313. The highest BCUT2D eigenvalue weighted by Crippen LogP contribution is 2.23. The van der Waals surface area contributed by atoms with E-state index < -0.39 is 5.60 Å². The van der Waals surface area contributed by atoms with Crippen LogP contribution in [0, 0.1) is 6.92 Å². The van der Waals surface area contributed by atoms with Crippen LogP contribution in [0.3, 0.4) is 0 Å². The summed E-state index contributed by atoms with van der Waals surface area (Å²) in [4.78, 5) is 18.5. The van der Waals surface area contributed by atoms with Crippen molar-refractivity contribution in [3.05, 3.63) is 18.2 Å². The fourth-order valence-corrected chi connectivity index (χ4v) is 2.97. The van der Waals surface area contributed by atoms with Crippen LogP contribution < -0.4 is 0 Å². The predicted molar refractivity (Wildman–Crippen MR) is 86.8 cm³/mol. The monoisotopic (exact) mass is 307 g/mol. The molecule has 1 aromatic heterocycles. The molecular weight excluding hydrogens is 278 g/mol. The van der Waals surface area contributed by atoms with Gasteiger partial charge in [0.15, 0.2) is 0 Å². The van der Waals surface area contributed by atoms with Gasteiger partial charge in [0, 0.05) is 25.3 Å². The van der Waals surface area contributed by atoms with Gasteiger partial charge < -0.3 is 14.2 Å². The largest absolute Gasteiger partial charge is 0.444 e. The maximum Gasteiger partial charge on any atom is 0.410 e. The minimum absolute atomic E-state index is 0.157. The predicted octanol–water partition coefficient (Wildman–Crippen LogP) is 3.76. The molecule has 0 saturated carbocycles. The number of carbonyl (C=O) groups is 1. The average molecular weight is 307 g/mol. The van der Waals surface area contributed by atoms with Gasteiger partial charge in [0.25, 0.3) is 0 Å². The fraction of sp³-hybridized carbons (Fsp3) is 0.765. The lowest BCUT2D eigenvalue weighted by atomic mass is 9.98. The minimum Gasteiger partial charge on any atom is -0.444 e. The first-order valence-electron chi connectivity index (χ1n) is 8.33. The lowest BCUT2D eigenvalue weighted by molar-refractivity contribution is 0.00853. The number of amides is 1. The smallest absolute Gasteiger partial charge is 0.410 e. The highest BCUT2D eigenvalue weighted by molar-refractivity contribution is 5.68. The number of piperidine rings is 1. The van der Waals surface area contributed by atoms with Crippen LogP contribution in [0.1, 0.15) is 58.6 Å². The van der Waals surface area contributed by atoms with E-state index in [0.717, 1.165) is 44.5 Å². The first-order chi connectivity index (χ1) is 10.3. The van der Waals surface area contributed by atoms with Gasteiger partial charge in [-0.2, -0.15) is 0 Å². The lowest BCUT2D eigenvalue weighted by Gasteiger charge is -2.36. The van der Waals surface area contributed by atoms with E-state index in [0.29, 0.717) is 6.04 Å². The maximum atomic E-state index is 12.3.